The van der Waals surface area contributed by atoms with Crippen molar-refractivity contribution in [3.63, 3.8) is 0 Å². The van der Waals surface area contributed by atoms with E-state index in [2.05, 4.69) is 199 Å². The molecule has 7 aromatic rings. The second-order valence-corrected chi connectivity index (χ2v) is 18.3. The fraction of sp³-hybridized carbons (Fsp3) is 0.231. The van der Waals surface area contributed by atoms with E-state index in [0.29, 0.717) is 0 Å². The zero-order chi connectivity index (χ0) is 37.1. The molecule has 264 valence electrons. The van der Waals surface area contributed by atoms with Gasteiger partial charge in [-0.05, 0) is 103 Å². The van der Waals surface area contributed by atoms with Crippen molar-refractivity contribution >= 4 is 44.9 Å². The Bertz CT molecular complexity index is 2700. The minimum atomic E-state index is -0.228. The first-order valence-corrected chi connectivity index (χ1v) is 19.6. The van der Waals surface area contributed by atoms with E-state index < -0.39 is 0 Å². The van der Waals surface area contributed by atoms with Crippen LogP contribution in [0.25, 0.3) is 21.9 Å². The highest BCUT2D eigenvalue weighted by atomic mass is 15.2. The first-order chi connectivity index (χ1) is 25.8. The van der Waals surface area contributed by atoms with E-state index in [4.69, 9.17) is 0 Å². The second-order valence-electron chi connectivity index (χ2n) is 18.3. The van der Waals surface area contributed by atoms with Crippen LogP contribution in [0.2, 0.25) is 0 Å². The smallest absolute Gasteiger partial charge is 0.0545 e. The first-order valence-electron chi connectivity index (χ1n) is 19.6. The van der Waals surface area contributed by atoms with Crippen LogP contribution in [0.1, 0.15) is 99.9 Å². The minimum absolute atomic E-state index is 0.103. The molecule has 0 N–H and O–H groups in total. The number of nitrogens with zero attached hydrogens (tertiary/aromatic N) is 2. The molecule has 0 spiro atoms. The van der Waals surface area contributed by atoms with Gasteiger partial charge < -0.3 is 9.80 Å². The Morgan fingerprint density at radius 1 is 0.333 bits per heavy atom. The van der Waals surface area contributed by atoms with E-state index in [-0.39, 0.29) is 21.7 Å². The summed E-state index contributed by atoms with van der Waals surface area (Å²) in [6, 6.07) is 51.0. The van der Waals surface area contributed by atoms with Gasteiger partial charge in [-0.1, -0.05) is 152 Å². The molecule has 11 rings (SSSR count). The summed E-state index contributed by atoms with van der Waals surface area (Å²) in [4.78, 5) is 5.20. The molecule has 3 aliphatic heterocycles. The van der Waals surface area contributed by atoms with Gasteiger partial charge in [0, 0.05) is 38.7 Å². The van der Waals surface area contributed by atoms with Gasteiger partial charge >= 0.3 is 0 Å². The number of para-hydroxylation sites is 2. The van der Waals surface area contributed by atoms with Crippen LogP contribution in [0.5, 0.6) is 0 Å². The van der Waals surface area contributed by atoms with E-state index in [9.17, 15) is 0 Å². The predicted octanol–water partition coefficient (Wildman–Crippen LogP) is 14.0. The van der Waals surface area contributed by atoms with Crippen molar-refractivity contribution < 1.29 is 0 Å². The van der Waals surface area contributed by atoms with Crippen molar-refractivity contribution in [2.75, 3.05) is 9.80 Å². The predicted molar refractivity (Wildman–Crippen MR) is 227 cm³/mol. The number of fused-ring (bicyclic) bond motifs is 4. The van der Waals surface area contributed by atoms with Crippen LogP contribution in [-0.4, -0.2) is 0 Å². The highest BCUT2D eigenvalue weighted by molar-refractivity contribution is 6.00. The quantitative estimate of drug-likeness (QED) is 0.181. The summed E-state index contributed by atoms with van der Waals surface area (Å²) in [6.45, 7) is 19.4. The summed E-state index contributed by atoms with van der Waals surface area (Å²) < 4.78 is 0. The van der Waals surface area contributed by atoms with E-state index in [1.54, 1.807) is 0 Å². The molecule has 0 radical (unpaired) electrons. The molecule has 0 atom stereocenters. The van der Waals surface area contributed by atoms with E-state index in [0.717, 1.165) is 0 Å². The van der Waals surface area contributed by atoms with E-state index in [1.165, 1.54) is 101 Å². The molecule has 4 aliphatic rings. The van der Waals surface area contributed by atoms with Gasteiger partial charge in [0.25, 0.3) is 0 Å². The van der Waals surface area contributed by atoms with Gasteiger partial charge in [-0.3, -0.25) is 0 Å². The molecule has 0 unspecified atom stereocenters. The Morgan fingerprint density at radius 3 is 1.39 bits per heavy atom. The third-order valence-electron chi connectivity index (χ3n) is 14.0. The molecule has 7 aromatic carbocycles. The van der Waals surface area contributed by atoms with Crippen LogP contribution < -0.4 is 9.80 Å². The number of anilines is 6. The monoisotopic (exact) mass is 698 g/mol. The lowest BCUT2D eigenvalue weighted by atomic mass is 9.61. The maximum absolute atomic E-state index is 2.67. The van der Waals surface area contributed by atoms with Crippen LogP contribution in [0.15, 0.2) is 133 Å². The van der Waals surface area contributed by atoms with Crippen LogP contribution in [0, 0.1) is 0 Å². The van der Waals surface area contributed by atoms with Gasteiger partial charge in [0.2, 0.25) is 0 Å². The molecule has 0 amide bonds. The first kappa shape index (κ1) is 31.9. The maximum atomic E-state index is 2.67. The minimum Gasteiger partial charge on any atom is -0.310 e. The van der Waals surface area contributed by atoms with Gasteiger partial charge in [0.15, 0.2) is 0 Å². The van der Waals surface area contributed by atoms with Crippen molar-refractivity contribution in [1.82, 2.24) is 0 Å². The average molecular weight is 699 g/mol. The SMILES string of the molecule is CC1(C)c2ccccc2-c2ccc(N(c3cc4c5c(c3)C(C)(C)c3cccc6c3N5c3c(cccc3C4(C)C)C6(C)C)c3ccc4ccccc4c3)cc21. The van der Waals surface area contributed by atoms with Gasteiger partial charge in [0.1, 0.15) is 0 Å². The molecule has 0 aromatic heterocycles. The van der Waals surface area contributed by atoms with Crippen molar-refractivity contribution in [1.29, 1.82) is 0 Å². The molecule has 0 saturated carbocycles. The second kappa shape index (κ2) is 10.1. The Morgan fingerprint density at radius 2 is 0.759 bits per heavy atom. The lowest BCUT2D eigenvalue weighted by Crippen LogP contribution is -2.43. The number of rotatable bonds is 3. The van der Waals surface area contributed by atoms with Crippen molar-refractivity contribution in [3.05, 3.63) is 178 Å². The molecule has 0 saturated heterocycles. The third kappa shape index (κ3) is 3.81. The van der Waals surface area contributed by atoms with Crippen LogP contribution in [-0.2, 0) is 21.7 Å². The highest BCUT2D eigenvalue weighted by Gasteiger charge is 2.52. The summed E-state index contributed by atoms with van der Waals surface area (Å²) in [5.74, 6) is 0. The number of hydrogen-bond acceptors (Lipinski definition) is 2. The zero-order valence-corrected chi connectivity index (χ0v) is 32.6. The molecular weight excluding hydrogens is 653 g/mol. The van der Waals surface area contributed by atoms with Crippen molar-refractivity contribution in [3.8, 4) is 11.1 Å². The van der Waals surface area contributed by atoms with Crippen molar-refractivity contribution in [2.45, 2.75) is 77.0 Å². The van der Waals surface area contributed by atoms with Crippen LogP contribution in [0.4, 0.5) is 34.1 Å². The standard InChI is InChI=1S/C52H46N2/c1-49(2)38-18-12-11-17-36(38)37-26-25-34(28-43(37)49)53(33-24-23-31-15-9-10-16-32(31)27-33)35-29-44-48-45(30-35)52(7,8)42-22-14-20-40-47(42)54(48)46-39(50(40,3)4)19-13-21-41(46)51(44,5)6/h9-30H,1-8H3. The molecule has 3 heterocycles. The summed E-state index contributed by atoms with van der Waals surface area (Å²) in [6.07, 6.45) is 0. The van der Waals surface area contributed by atoms with E-state index in [1.807, 2.05) is 0 Å². The lowest BCUT2D eigenvalue weighted by molar-refractivity contribution is 0.566. The van der Waals surface area contributed by atoms with E-state index >= 15 is 0 Å². The van der Waals surface area contributed by atoms with Crippen LogP contribution >= 0.6 is 0 Å². The average Bonchev–Trinajstić information content (AvgIpc) is 3.39. The fourth-order valence-corrected chi connectivity index (χ4v) is 10.9. The summed E-state index contributed by atoms with van der Waals surface area (Å²) in [5, 5.41) is 2.50. The van der Waals surface area contributed by atoms with Gasteiger partial charge in [-0.25, -0.2) is 0 Å². The summed E-state index contributed by atoms with van der Waals surface area (Å²) in [5.41, 5.74) is 20.9. The number of hydrogen-bond donors (Lipinski definition) is 0. The van der Waals surface area contributed by atoms with Crippen LogP contribution in [0.3, 0.4) is 0 Å². The molecule has 2 heteroatoms. The Balaban J connectivity index is 1.21. The molecule has 0 fully saturated rings. The molecule has 54 heavy (non-hydrogen) atoms. The zero-order valence-electron chi connectivity index (χ0n) is 32.6. The number of benzene rings is 7. The summed E-state index contributed by atoms with van der Waals surface area (Å²) >= 11 is 0. The highest BCUT2D eigenvalue weighted by Crippen LogP contribution is 2.66. The maximum Gasteiger partial charge on any atom is 0.0545 e. The Labute approximate surface area is 319 Å². The van der Waals surface area contributed by atoms with Gasteiger partial charge in [0.05, 0.1) is 17.1 Å². The Hall–Kier alpha value is -5.60. The van der Waals surface area contributed by atoms with Gasteiger partial charge in [-0.2, -0.15) is 0 Å². The topological polar surface area (TPSA) is 6.48 Å². The van der Waals surface area contributed by atoms with Gasteiger partial charge in [-0.15, -0.1) is 0 Å². The normalized spacial score (nSPS) is 17.8. The Kier molecular flexibility index (Phi) is 5.98. The third-order valence-corrected chi connectivity index (χ3v) is 14.0. The molecular formula is C52H46N2. The molecule has 1 aliphatic carbocycles. The van der Waals surface area contributed by atoms with Crippen molar-refractivity contribution in [2.24, 2.45) is 0 Å². The fourth-order valence-electron chi connectivity index (χ4n) is 10.9. The molecule has 2 nitrogen and oxygen atoms in total. The summed E-state index contributed by atoms with van der Waals surface area (Å²) in [7, 11) is 0. The molecule has 0 bridgehead atoms. The largest absolute Gasteiger partial charge is 0.310 e. The lowest BCUT2D eigenvalue weighted by Gasteiger charge is -2.55.